The summed E-state index contributed by atoms with van der Waals surface area (Å²) in [7, 11) is 0. The van der Waals surface area contributed by atoms with Crippen LogP contribution in [0.2, 0.25) is 0 Å². The zero-order valence-electron chi connectivity index (χ0n) is 24.5. The Bertz CT molecular complexity index is 2580. The summed E-state index contributed by atoms with van der Waals surface area (Å²) in [5, 5.41) is 4.34. The highest BCUT2D eigenvalue weighted by Crippen LogP contribution is 2.34. The number of rotatable bonds is 4. The molecule has 46 heavy (non-hydrogen) atoms. The Hall–Kier alpha value is -6.40. The van der Waals surface area contributed by atoms with Gasteiger partial charge in [0.2, 0.25) is 0 Å². The topological polar surface area (TPSA) is 77.3 Å². The van der Waals surface area contributed by atoms with Crippen LogP contribution in [-0.4, -0.2) is 29.9 Å². The highest BCUT2D eigenvalue weighted by atomic mass is 14.8. The van der Waals surface area contributed by atoms with Gasteiger partial charge in [-0.25, -0.2) is 19.9 Å². The molecule has 0 aliphatic heterocycles. The lowest BCUT2D eigenvalue weighted by atomic mass is 9.96. The van der Waals surface area contributed by atoms with Crippen LogP contribution in [0.5, 0.6) is 0 Å². The summed E-state index contributed by atoms with van der Waals surface area (Å²) < 4.78 is 0. The number of nitrogens with zero attached hydrogens (tertiary/aromatic N) is 6. The molecule has 214 valence electrons. The third-order valence-electron chi connectivity index (χ3n) is 8.51. The number of benzene rings is 4. The van der Waals surface area contributed by atoms with Gasteiger partial charge < -0.3 is 0 Å². The molecule has 0 aliphatic rings. The molecule has 0 spiro atoms. The Morgan fingerprint density at radius 2 is 1.02 bits per heavy atom. The van der Waals surface area contributed by atoms with E-state index >= 15 is 0 Å². The minimum Gasteiger partial charge on any atom is -0.254 e. The van der Waals surface area contributed by atoms with E-state index in [9.17, 15) is 0 Å². The zero-order valence-corrected chi connectivity index (χ0v) is 24.5. The number of hydrogen-bond donors (Lipinski definition) is 0. The van der Waals surface area contributed by atoms with Gasteiger partial charge in [0.15, 0.2) is 0 Å². The van der Waals surface area contributed by atoms with Gasteiger partial charge in [0.1, 0.15) is 6.33 Å². The predicted molar refractivity (Wildman–Crippen MR) is 185 cm³/mol. The number of pyridine rings is 4. The molecule has 0 bridgehead atoms. The summed E-state index contributed by atoms with van der Waals surface area (Å²) in [5.74, 6) is 0. The van der Waals surface area contributed by atoms with Crippen molar-refractivity contribution in [2.75, 3.05) is 0 Å². The Labute approximate surface area is 264 Å². The monoisotopic (exact) mass is 588 g/mol. The average Bonchev–Trinajstić information content (AvgIpc) is 3.14. The molecule has 0 atom stereocenters. The van der Waals surface area contributed by atoms with E-state index in [1.807, 2.05) is 36.7 Å². The molecule has 0 saturated heterocycles. The van der Waals surface area contributed by atoms with Gasteiger partial charge >= 0.3 is 0 Å². The Balaban J connectivity index is 1.07. The van der Waals surface area contributed by atoms with Crippen LogP contribution in [0.15, 0.2) is 146 Å². The van der Waals surface area contributed by atoms with Gasteiger partial charge in [-0.1, -0.05) is 72.8 Å². The second kappa shape index (κ2) is 10.6. The largest absolute Gasteiger partial charge is 0.254 e. The first-order valence-electron chi connectivity index (χ1n) is 15.1. The lowest BCUT2D eigenvalue weighted by molar-refractivity contribution is 1.16. The molecule has 0 unspecified atom stereocenters. The van der Waals surface area contributed by atoms with Gasteiger partial charge in [-0.15, -0.1) is 0 Å². The second-order valence-corrected chi connectivity index (χ2v) is 11.3. The molecule has 4 aromatic carbocycles. The van der Waals surface area contributed by atoms with E-state index in [1.165, 1.54) is 0 Å². The zero-order chi connectivity index (χ0) is 30.5. The molecule has 6 heteroatoms. The van der Waals surface area contributed by atoms with Crippen molar-refractivity contribution < 1.29 is 0 Å². The van der Waals surface area contributed by atoms with Gasteiger partial charge in [-0.05, 0) is 70.8 Å². The molecule has 0 N–H and O–H groups in total. The van der Waals surface area contributed by atoms with Crippen LogP contribution in [0, 0.1) is 0 Å². The molecule has 0 aliphatic carbocycles. The molecular formula is C40H24N6. The molecule has 0 amide bonds. The SMILES string of the molecule is c1cnc2c(c1)cc(-c1ccc(-c3ccc4ccc(-c5ccc6ccc(-c7ccncn7)nc6c5)cc4n3)cc1)c1cccnc12. The van der Waals surface area contributed by atoms with Crippen LogP contribution >= 0.6 is 0 Å². The molecule has 5 heterocycles. The van der Waals surface area contributed by atoms with Gasteiger partial charge in [0.25, 0.3) is 0 Å². The molecule has 6 nitrogen and oxygen atoms in total. The highest BCUT2D eigenvalue weighted by molar-refractivity contribution is 6.10. The molecule has 9 aromatic rings. The normalized spacial score (nSPS) is 11.5. The first kappa shape index (κ1) is 26.0. The van der Waals surface area contributed by atoms with E-state index in [0.29, 0.717) is 0 Å². The summed E-state index contributed by atoms with van der Waals surface area (Å²) in [6.07, 6.45) is 6.93. The molecule has 5 aromatic heterocycles. The molecule has 0 fully saturated rings. The van der Waals surface area contributed by atoms with Crippen LogP contribution in [-0.2, 0) is 0 Å². The Kier molecular flexibility index (Phi) is 6.03. The first-order chi connectivity index (χ1) is 22.8. The number of fused-ring (bicyclic) bond motifs is 5. The standard InChI is InChI=1S/C40H24N6/c1-3-31-21-33(32-4-2-19-43-40(32)39(31)42-18-1)25-5-7-26(8-6-25)34-15-13-27-9-11-29(22-37(27)45-34)30-12-10-28-14-16-36(46-38(28)23-30)35-17-20-41-24-44-35/h1-24H. The van der Waals surface area contributed by atoms with Crippen molar-refractivity contribution in [1.29, 1.82) is 0 Å². The fourth-order valence-corrected chi connectivity index (χ4v) is 6.18. The third kappa shape index (κ3) is 4.52. The van der Waals surface area contributed by atoms with Crippen molar-refractivity contribution in [3.8, 4) is 44.9 Å². The van der Waals surface area contributed by atoms with E-state index < -0.39 is 0 Å². The van der Waals surface area contributed by atoms with E-state index in [2.05, 4.69) is 117 Å². The smallest absolute Gasteiger partial charge is 0.116 e. The van der Waals surface area contributed by atoms with E-state index in [-0.39, 0.29) is 0 Å². The summed E-state index contributed by atoms with van der Waals surface area (Å²) in [6.45, 7) is 0. The van der Waals surface area contributed by atoms with Gasteiger partial charge in [0, 0.05) is 45.7 Å². The summed E-state index contributed by atoms with van der Waals surface area (Å²) in [6, 6.07) is 42.0. The van der Waals surface area contributed by atoms with Crippen LogP contribution < -0.4 is 0 Å². The Morgan fingerprint density at radius 1 is 0.391 bits per heavy atom. The quantitative estimate of drug-likeness (QED) is 0.191. The third-order valence-corrected chi connectivity index (χ3v) is 8.51. The van der Waals surface area contributed by atoms with Gasteiger partial charge in [-0.3, -0.25) is 9.97 Å². The van der Waals surface area contributed by atoms with E-state index in [1.54, 1.807) is 12.5 Å². The molecule has 0 radical (unpaired) electrons. The van der Waals surface area contributed by atoms with E-state index in [0.717, 1.165) is 88.5 Å². The lowest BCUT2D eigenvalue weighted by Crippen LogP contribution is -1.90. The fourth-order valence-electron chi connectivity index (χ4n) is 6.18. The first-order valence-corrected chi connectivity index (χ1v) is 15.1. The van der Waals surface area contributed by atoms with Crippen LogP contribution in [0.25, 0.3) is 88.5 Å². The summed E-state index contributed by atoms with van der Waals surface area (Å²) in [4.78, 5) is 27.6. The van der Waals surface area contributed by atoms with Gasteiger partial charge in [0.05, 0.1) is 39.1 Å². The van der Waals surface area contributed by atoms with Crippen molar-refractivity contribution >= 4 is 43.6 Å². The maximum Gasteiger partial charge on any atom is 0.116 e. The maximum absolute atomic E-state index is 5.09. The van der Waals surface area contributed by atoms with Gasteiger partial charge in [-0.2, -0.15) is 0 Å². The van der Waals surface area contributed by atoms with Crippen molar-refractivity contribution in [2.24, 2.45) is 0 Å². The Morgan fingerprint density at radius 3 is 1.76 bits per heavy atom. The number of hydrogen-bond acceptors (Lipinski definition) is 6. The lowest BCUT2D eigenvalue weighted by Gasteiger charge is -2.11. The van der Waals surface area contributed by atoms with Crippen molar-refractivity contribution in [3.05, 3.63) is 146 Å². The highest BCUT2D eigenvalue weighted by Gasteiger charge is 2.12. The molecule has 9 rings (SSSR count). The van der Waals surface area contributed by atoms with Crippen LogP contribution in [0.4, 0.5) is 0 Å². The molecular weight excluding hydrogens is 564 g/mol. The fraction of sp³-hybridized carbons (Fsp3) is 0. The minimum absolute atomic E-state index is 0.803. The summed E-state index contributed by atoms with van der Waals surface area (Å²) >= 11 is 0. The van der Waals surface area contributed by atoms with Crippen molar-refractivity contribution in [2.45, 2.75) is 0 Å². The van der Waals surface area contributed by atoms with E-state index in [4.69, 9.17) is 9.97 Å². The maximum atomic E-state index is 5.09. The summed E-state index contributed by atoms with van der Waals surface area (Å²) in [5.41, 5.74) is 11.8. The van der Waals surface area contributed by atoms with Crippen molar-refractivity contribution in [3.63, 3.8) is 0 Å². The molecule has 0 saturated carbocycles. The van der Waals surface area contributed by atoms with Crippen LogP contribution in [0.3, 0.4) is 0 Å². The van der Waals surface area contributed by atoms with Crippen molar-refractivity contribution in [1.82, 2.24) is 29.9 Å². The minimum atomic E-state index is 0.803. The number of aromatic nitrogens is 6. The van der Waals surface area contributed by atoms with Crippen LogP contribution in [0.1, 0.15) is 0 Å². The second-order valence-electron chi connectivity index (χ2n) is 11.3. The predicted octanol–water partition coefficient (Wildman–Crippen LogP) is 9.34. The average molecular weight is 589 g/mol.